The Morgan fingerprint density at radius 2 is 1.70 bits per heavy atom. The number of anilines is 1. The van der Waals surface area contributed by atoms with Gasteiger partial charge in [0.15, 0.2) is 0 Å². The molecule has 0 saturated heterocycles. The van der Waals surface area contributed by atoms with Crippen molar-refractivity contribution in [3.05, 3.63) is 72.1 Å². The van der Waals surface area contributed by atoms with Crippen LogP contribution in [0.1, 0.15) is 30.2 Å². The highest BCUT2D eigenvalue weighted by Gasteiger charge is 2.20. The van der Waals surface area contributed by atoms with Crippen LogP contribution in [0.4, 0.5) is 19.0 Å². The molecule has 0 aliphatic carbocycles. The molecule has 3 aromatic rings. The number of aromatic nitrogens is 3. The molecule has 0 radical (unpaired) electrons. The second kappa shape index (κ2) is 8.13. The van der Waals surface area contributed by atoms with Gasteiger partial charge in [-0.05, 0) is 30.7 Å². The normalized spacial score (nSPS) is 13.4. The molecule has 0 amide bonds. The van der Waals surface area contributed by atoms with E-state index in [1.165, 1.54) is 43.0 Å². The van der Waals surface area contributed by atoms with Crippen molar-refractivity contribution in [2.24, 2.45) is 0 Å². The zero-order valence-corrected chi connectivity index (χ0v) is 14.4. The van der Waals surface area contributed by atoms with E-state index in [-0.39, 0.29) is 17.4 Å². The minimum absolute atomic E-state index is 0.0106. The summed E-state index contributed by atoms with van der Waals surface area (Å²) < 4.78 is 38.3. The van der Waals surface area contributed by atoms with E-state index >= 15 is 0 Å². The number of aliphatic hydroxyl groups excluding tert-OH is 1. The number of rotatable bonds is 6. The first-order chi connectivity index (χ1) is 12.9. The van der Waals surface area contributed by atoms with Gasteiger partial charge < -0.3 is 10.4 Å². The van der Waals surface area contributed by atoms with Gasteiger partial charge in [-0.25, -0.2) is 18.2 Å². The molecule has 140 valence electrons. The third-order valence-electron chi connectivity index (χ3n) is 4.02. The lowest BCUT2D eigenvalue weighted by molar-refractivity contribution is -0.00593. The van der Waals surface area contributed by atoms with E-state index < -0.39 is 12.5 Å². The van der Waals surface area contributed by atoms with E-state index in [1.807, 2.05) is 6.92 Å². The Morgan fingerprint density at radius 3 is 2.33 bits per heavy atom. The van der Waals surface area contributed by atoms with Crippen molar-refractivity contribution in [2.75, 3.05) is 5.32 Å². The van der Waals surface area contributed by atoms with E-state index in [0.29, 0.717) is 17.1 Å². The van der Waals surface area contributed by atoms with E-state index in [0.717, 1.165) is 5.56 Å². The third-order valence-corrected chi connectivity index (χ3v) is 4.02. The molecular weight excluding hydrogens is 357 g/mol. The van der Waals surface area contributed by atoms with E-state index in [9.17, 15) is 18.3 Å². The number of aliphatic hydroxyl groups is 1. The van der Waals surface area contributed by atoms with Crippen molar-refractivity contribution < 1.29 is 18.3 Å². The molecule has 2 N–H and O–H groups in total. The molecule has 5 nitrogen and oxygen atoms in total. The van der Waals surface area contributed by atoms with Crippen LogP contribution >= 0.6 is 0 Å². The summed E-state index contributed by atoms with van der Waals surface area (Å²) in [5, 5.41) is 12.6. The summed E-state index contributed by atoms with van der Waals surface area (Å²) in [4.78, 5) is 12.4. The molecule has 27 heavy (non-hydrogen) atoms. The van der Waals surface area contributed by atoms with Crippen molar-refractivity contribution in [2.45, 2.75) is 25.5 Å². The predicted molar refractivity (Wildman–Crippen MR) is 94.7 cm³/mol. The fourth-order valence-electron chi connectivity index (χ4n) is 2.51. The number of benzene rings is 1. The quantitative estimate of drug-likeness (QED) is 0.678. The van der Waals surface area contributed by atoms with E-state index in [1.54, 1.807) is 12.1 Å². The van der Waals surface area contributed by atoms with Gasteiger partial charge in [0.05, 0.1) is 18.1 Å². The lowest BCUT2D eigenvalue weighted by Gasteiger charge is -2.15. The first-order valence-corrected chi connectivity index (χ1v) is 8.19. The molecule has 0 aliphatic heterocycles. The van der Waals surface area contributed by atoms with Gasteiger partial charge in [-0.3, -0.25) is 9.97 Å². The van der Waals surface area contributed by atoms with Crippen molar-refractivity contribution >= 4 is 5.82 Å². The average molecular weight is 374 g/mol. The Balaban J connectivity index is 1.73. The molecule has 0 saturated carbocycles. The predicted octanol–water partition coefficient (Wildman–Crippen LogP) is 4.15. The Bertz CT molecular complexity index is 888. The number of halogens is 3. The summed E-state index contributed by atoms with van der Waals surface area (Å²) >= 11 is 0. The van der Waals surface area contributed by atoms with Crippen molar-refractivity contribution in [1.82, 2.24) is 15.0 Å². The maximum atomic E-state index is 13.0. The van der Waals surface area contributed by atoms with Crippen LogP contribution in [0.5, 0.6) is 0 Å². The molecule has 0 bridgehead atoms. The zero-order valence-electron chi connectivity index (χ0n) is 14.4. The smallest absolute Gasteiger partial charge is 0.268 e. The Kier molecular flexibility index (Phi) is 5.66. The van der Waals surface area contributed by atoms with Gasteiger partial charge in [0, 0.05) is 29.6 Å². The van der Waals surface area contributed by atoms with Crippen LogP contribution in [0.3, 0.4) is 0 Å². The monoisotopic (exact) mass is 374 g/mol. The molecule has 8 heteroatoms. The van der Waals surface area contributed by atoms with Crippen LogP contribution in [0.15, 0.2) is 55.1 Å². The highest BCUT2D eigenvalue weighted by atomic mass is 19.3. The molecular formula is C19H17F3N4O. The number of nitrogens with zero attached hydrogens (tertiary/aromatic N) is 3. The summed E-state index contributed by atoms with van der Waals surface area (Å²) in [6, 6.07) is 7.42. The molecule has 0 spiro atoms. The van der Waals surface area contributed by atoms with Crippen LogP contribution in [0.2, 0.25) is 0 Å². The number of hydrogen-bond donors (Lipinski definition) is 2. The SMILES string of the molecule is CC(Nc1cnc(-c2cncc(C(O)C(F)F)c2)cn1)c1ccc(F)cc1. The van der Waals surface area contributed by atoms with Crippen LogP contribution in [0.25, 0.3) is 11.3 Å². The Labute approximate surface area is 154 Å². The molecule has 0 aliphatic rings. The average Bonchev–Trinajstić information content (AvgIpc) is 2.68. The zero-order chi connectivity index (χ0) is 19.4. The first-order valence-electron chi connectivity index (χ1n) is 8.19. The van der Waals surface area contributed by atoms with E-state index in [2.05, 4.69) is 20.3 Å². The number of nitrogens with one attached hydrogen (secondary N) is 1. The second-order valence-electron chi connectivity index (χ2n) is 5.99. The van der Waals surface area contributed by atoms with Crippen LogP contribution in [-0.2, 0) is 0 Å². The largest absolute Gasteiger partial charge is 0.382 e. The molecule has 0 fully saturated rings. The third kappa shape index (κ3) is 4.59. The second-order valence-corrected chi connectivity index (χ2v) is 5.99. The molecule has 3 rings (SSSR count). The van der Waals surface area contributed by atoms with E-state index in [4.69, 9.17) is 0 Å². The Hall–Kier alpha value is -3.00. The van der Waals surface area contributed by atoms with Gasteiger partial charge in [0.25, 0.3) is 6.43 Å². The Morgan fingerprint density at radius 1 is 0.963 bits per heavy atom. The topological polar surface area (TPSA) is 70.9 Å². The van der Waals surface area contributed by atoms with Crippen LogP contribution in [0, 0.1) is 5.82 Å². The summed E-state index contributed by atoms with van der Waals surface area (Å²) in [7, 11) is 0. The van der Waals surface area contributed by atoms with Crippen molar-refractivity contribution in [3.8, 4) is 11.3 Å². The van der Waals surface area contributed by atoms with Crippen LogP contribution < -0.4 is 5.32 Å². The van der Waals surface area contributed by atoms with Crippen molar-refractivity contribution in [3.63, 3.8) is 0 Å². The summed E-state index contributed by atoms with van der Waals surface area (Å²) in [5.74, 6) is 0.204. The summed E-state index contributed by atoms with van der Waals surface area (Å²) in [6.07, 6.45) is 0.838. The van der Waals surface area contributed by atoms with Gasteiger partial charge in [-0.1, -0.05) is 12.1 Å². The lowest BCUT2D eigenvalue weighted by atomic mass is 10.1. The molecule has 1 aromatic carbocycles. The fraction of sp³-hybridized carbons (Fsp3) is 0.211. The molecule has 2 heterocycles. The summed E-state index contributed by atoms with van der Waals surface area (Å²) in [6.45, 7) is 1.90. The minimum Gasteiger partial charge on any atom is -0.382 e. The molecule has 2 atom stereocenters. The lowest BCUT2D eigenvalue weighted by Crippen LogP contribution is -2.09. The highest BCUT2D eigenvalue weighted by Crippen LogP contribution is 2.25. The van der Waals surface area contributed by atoms with Gasteiger partial charge in [0.2, 0.25) is 0 Å². The molecule has 2 aromatic heterocycles. The first kappa shape index (κ1) is 18.8. The van der Waals surface area contributed by atoms with Gasteiger partial charge >= 0.3 is 0 Å². The maximum Gasteiger partial charge on any atom is 0.268 e. The van der Waals surface area contributed by atoms with Gasteiger partial charge in [-0.15, -0.1) is 0 Å². The van der Waals surface area contributed by atoms with Gasteiger partial charge in [-0.2, -0.15) is 0 Å². The highest BCUT2D eigenvalue weighted by molar-refractivity contribution is 5.58. The minimum atomic E-state index is -2.90. The number of pyridine rings is 1. The molecule has 2 unspecified atom stereocenters. The van der Waals surface area contributed by atoms with Crippen molar-refractivity contribution in [1.29, 1.82) is 0 Å². The van der Waals surface area contributed by atoms with Gasteiger partial charge in [0.1, 0.15) is 17.7 Å². The maximum absolute atomic E-state index is 13.0. The number of alkyl halides is 2. The van der Waals surface area contributed by atoms with Crippen LogP contribution in [-0.4, -0.2) is 26.5 Å². The fourth-order valence-corrected chi connectivity index (χ4v) is 2.51. The number of hydrogen-bond acceptors (Lipinski definition) is 5. The summed E-state index contributed by atoms with van der Waals surface area (Å²) in [5.41, 5.74) is 1.81. The standard InChI is InChI=1S/C19H17F3N4O/c1-11(12-2-4-15(20)5-3-12)26-17-10-24-16(9-25-17)13-6-14(8-23-7-13)18(27)19(21)22/h2-11,18-19,27H,1H3,(H,25,26).